The van der Waals surface area contributed by atoms with Crippen molar-refractivity contribution in [3.8, 4) is 5.75 Å². The molecule has 8 heteroatoms. The molecule has 0 aliphatic carbocycles. The summed E-state index contributed by atoms with van der Waals surface area (Å²) in [7, 11) is 1.69. The van der Waals surface area contributed by atoms with Crippen molar-refractivity contribution < 1.29 is 9.53 Å². The van der Waals surface area contributed by atoms with Crippen LogP contribution in [0.15, 0.2) is 36.7 Å². The average Bonchev–Trinajstić information content (AvgIpc) is 2.91. The van der Waals surface area contributed by atoms with Gasteiger partial charge in [-0.2, -0.15) is 0 Å². The van der Waals surface area contributed by atoms with Gasteiger partial charge in [-0.1, -0.05) is 13.0 Å². The normalized spacial score (nSPS) is 18.6. The number of piperazine rings is 1. The van der Waals surface area contributed by atoms with Crippen LogP contribution in [-0.2, 0) is 4.79 Å². The molecule has 1 N–H and O–H groups in total. The van der Waals surface area contributed by atoms with Crippen molar-refractivity contribution in [1.82, 2.24) is 14.9 Å². The van der Waals surface area contributed by atoms with Crippen LogP contribution in [0.25, 0.3) is 0 Å². The quantitative estimate of drug-likeness (QED) is 0.605. The van der Waals surface area contributed by atoms with E-state index in [4.69, 9.17) is 4.74 Å². The maximum Gasteiger partial charge on any atom is 0.222 e. The number of aromatic nitrogens is 2. The third-order valence-electron chi connectivity index (χ3n) is 6.87. The van der Waals surface area contributed by atoms with E-state index in [1.165, 1.54) is 6.42 Å². The first-order valence-corrected chi connectivity index (χ1v) is 12.6. The molecule has 0 spiro atoms. The third-order valence-corrected chi connectivity index (χ3v) is 6.87. The summed E-state index contributed by atoms with van der Waals surface area (Å²) in [6.07, 6.45) is 6.60. The highest BCUT2D eigenvalue weighted by molar-refractivity contribution is 5.76. The third kappa shape index (κ3) is 6.30. The fraction of sp³-hybridized carbons (Fsp3) is 0.577. The van der Waals surface area contributed by atoms with Crippen molar-refractivity contribution in [2.75, 3.05) is 68.0 Å². The number of hydrogen-bond acceptors (Lipinski definition) is 7. The summed E-state index contributed by atoms with van der Waals surface area (Å²) in [5.74, 6) is 3.55. The monoisotopic (exact) mass is 466 g/mol. The Bertz CT molecular complexity index is 931. The Morgan fingerprint density at radius 3 is 2.76 bits per heavy atom. The van der Waals surface area contributed by atoms with Gasteiger partial charge in [-0.3, -0.25) is 4.79 Å². The molecule has 0 bridgehead atoms. The summed E-state index contributed by atoms with van der Waals surface area (Å²) in [4.78, 5) is 28.5. The van der Waals surface area contributed by atoms with Gasteiger partial charge in [0.1, 0.15) is 23.7 Å². The van der Waals surface area contributed by atoms with Gasteiger partial charge in [-0.25, -0.2) is 9.97 Å². The van der Waals surface area contributed by atoms with Gasteiger partial charge < -0.3 is 24.8 Å². The maximum absolute atomic E-state index is 12.9. The number of nitrogens with one attached hydrogen (secondary N) is 1. The van der Waals surface area contributed by atoms with Crippen molar-refractivity contribution in [2.24, 2.45) is 5.92 Å². The largest absolute Gasteiger partial charge is 0.497 e. The van der Waals surface area contributed by atoms with Crippen LogP contribution in [0.2, 0.25) is 0 Å². The minimum absolute atomic E-state index is 0.288. The second-order valence-electron chi connectivity index (χ2n) is 9.25. The molecule has 2 fully saturated rings. The number of anilines is 3. The van der Waals surface area contributed by atoms with E-state index in [1.54, 1.807) is 13.4 Å². The summed E-state index contributed by atoms with van der Waals surface area (Å²) in [6, 6.07) is 10.2. The highest BCUT2D eigenvalue weighted by atomic mass is 16.5. The maximum atomic E-state index is 12.9. The standard InChI is InChI=1S/C26H38N6O2/c1-3-11-27-24-18-25(29-20-28-24)32-12-5-6-21(19-32)9-10-26(33)31-15-13-30(14-16-31)22-7-4-8-23(17-22)34-2/h4,7-8,17-18,20-21H,3,5-6,9-16,19H2,1-2H3,(H,27,28,29). The first-order valence-electron chi connectivity index (χ1n) is 12.6. The van der Waals surface area contributed by atoms with E-state index in [1.807, 2.05) is 23.1 Å². The molecule has 1 amide bonds. The number of hydrogen-bond donors (Lipinski definition) is 1. The molecule has 2 saturated heterocycles. The van der Waals surface area contributed by atoms with Gasteiger partial charge in [0.05, 0.1) is 7.11 Å². The van der Waals surface area contributed by atoms with Gasteiger partial charge in [0.25, 0.3) is 0 Å². The first-order chi connectivity index (χ1) is 16.7. The van der Waals surface area contributed by atoms with Crippen LogP contribution >= 0.6 is 0 Å². The van der Waals surface area contributed by atoms with Crippen LogP contribution in [0, 0.1) is 5.92 Å². The Kier molecular flexibility index (Phi) is 8.44. The number of benzene rings is 1. The number of carbonyl (C=O) groups excluding carboxylic acids is 1. The predicted octanol–water partition coefficient (Wildman–Crippen LogP) is 3.65. The Morgan fingerprint density at radius 2 is 1.97 bits per heavy atom. The molecule has 0 saturated carbocycles. The zero-order chi connectivity index (χ0) is 23.8. The fourth-order valence-electron chi connectivity index (χ4n) is 4.89. The molecule has 8 nitrogen and oxygen atoms in total. The van der Waals surface area contributed by atoms with E-state index in [-0.39, 0.29) is 5.91 Å². The zero-order valence-corrected chi connectivity index (χ0v) is 20.6. The van der Waals surface area contributed by atoms with Crippen LogP contribution in [0.3, 0.4) is 0 Å². The summed E-state index contributed by atoms with van der Waals surface area (Å²) in [5.41, 5.74) is 1.16. The molecule has 184 valence electrons. The van der Waals surface area contributed by atoms with Crippen LogP contribution in [0.4, 0.5) is 17.3 Å². The van der Waals surface area contributed by atoms with Crippen molar-refractivity contribution in [3.63, 3.8) is 0 Å². The lowest BCUT2D eigenvalue weighted by Gasteiger charge is -2.37. The van der Waals surface area contributed by atoms with Gasteiger partial charge in [0, 0.05) is 70.1 Å². The fourth-order valence-corrected chi connectivity index (χ4v) is 4.89. The number of piperidine rings is 1. The predicted molar refractivity (Wildman–Crippen MR) is 137 cm³/mol. The SMILES string of the molecule is CCCNc1cc(N2CCCC(CCC(=O)N3CCN(c4cccc(OC)c4)CC3)C2)ncn1. The van der Waals surface area contributed by atoms with Crippen LogP contribution < -0.4 is 19.9 Å². The van der Waals surface area contributed by atoms with Crippen LogP contribution in [0.1, 0.15) is 39.0 Å². The number of methoxy groups -OCH3 is 1. The molecular weight excluding hydrogens is 428 g/mol. The van der Waals surface area contributed by atoms with Gasteiger partial charge in [-0.15, -0.1) is 0 Å². The number of carbonyl (C=O) groups is 1. The van der Waals surface area contributed by atoms with E-state index in [9.17, 15) is 4.79 Å². The molecule has 4 rings (SSSR count). The lowest BCUT2D eigenvalue weighted by Crippen LogP contribution is -2.49. The van der Waals surface area contributed by atoms with E-state index in [2.05, 4.69) is 44.1 Å². The van der Waals surface area contributed by atoms with E-state index < -0.39 is 0 Å². The minimum atomic E-state index is 0.288. The first kappa shape index (κ1) is 24.1. The Hall–Kier alpha value is -3.03. The van der Waals surface area contributed by atoms with Gasteiger partial charge >= 0.3 is 0 Å². The molecule has 2 aliphatic heterocycles. The Morgan fingerprint density at radius 1 is 1.12 bits per heavy atom. The van der Waals surface area contributed by atoms with E-state index in [0.29, 0.717) is 12.3 Å². The molecule has 1 atom stereocenters. The topological polar surface area (TPSA) is 73.8 Å². The van der Waals surface area contributed by atoms with Crippen molar-refractivity contribution >= 4 is 23.2 Å². The van der Waals surface area contributed by atoms with Crippen molar-refractivity contribution in [1.29, 1.82) is 0 Å². The molecule has 2 aliphatic rings. The lowest BCUT2D eigenvalue weighted by molar-refractivity contribution is -0.131. The second-order valence-corrected chi connectivity index (χ2v) is 9.25. The summed E-state index contributed by atoms with van der Waals surface area (Å²) < 4.78 is 5.35. The van der Waals surface area contributed by atoms with Crippen molar-refractivity contribution in [2.45, 2.75) is 39.0 Å². The number of ether oxygens (including phenoxy) is 1. The Balaban J connectivity index is 1.23. The summed E-state index contributed by atoms with van der Waals surface area (Å²) >= 11 is 0. The zero-order valence-electron chi connectivity index (χ0n) is 20.6. The van der Waals surface area contributed by atoms with Gasteiger partial charge in [0.2, 0.25) is 5.91 Å². The molecule has 34 heavy (non-hydrogen) atoms. The number of nitrogens with zero attached hydrogens (tertiary/aromatic N) is 5. The molecular formula is C26H38N6O2. The number of amides is 1. The molecule has 0 radical (unpaired) electrons. The average molecular weight is 467 g/mol. The smallest absolute Gasteiger partial charge is 0.222 e. The second kappa shape index (κ2) is 11.9. The molecule has 2 aromatic rings. The Labute approximate surface area is 203 Å². The summed E-state index contributed by atoms with van der Waals surface area (Å²) in [5, 5.41) is 3.34. The minimum Gasteiger partial charge on any atom is -0.497 e. The molecule has 1 aromatic heterocycles. The van der Waals surface area contributed by atoms with E-state index >= 15 is 0 Å². The van der Waals surface area contributed by atoms with Gasteiger partial charge in [0.15, 0.2) is 0 Å². The van der Waals surface area contributed by atoms with E-state index in [0.717, 1.165) is 88.1 Å². The van der Waals surface area contributed by atoms with Crippen LogP contribution in [0.5, 0.6) is 5.75 Å². The molecule has 1 unspecified atom stereocenters. The molecule has 1 aromatic carbocycles. The molecule has 3 heterocycles. The van der Waals surface area contributed by atoms with Gasteiger partial charge in [-0.05, 0) is 43.7 Å². The summed E-state index contributed by atoms with van der Waals surface area (Å²) in [6.45, 7) is 8.31. The van der Waals surface area contributed by atoms with Crippen molar-refractivity contribution in [3.05, 3.63) is 36.7 Å². The van der Waals surface area contributed by atoms with Crippen LogP contribution in [-0.4, -0.2) is 73.7 Å². The number of rotatable bonds is 9. The highest BCUT2D eigenvalue weighted by Gasteiger charge is 2.25. The lowest BCUT2D eigenvalue weighted by atomic mass is 9.93. The highest BCUT2D eigenvalue weighted by Crippen LogP contribution is 2.26.